The molecule has 0 aliphatic rings. The van der Waals surface area contributed by atoms with Crippen LogP contribution in [0.4, 0.5) is 0 Å². The van der Waals surface area contributed by atoms with Crippen LogP contribution >= 0.6 is 11.8 Å². The number of thioether (sulfide) groups is 1. The molecule has 0 aliphatic heterocycles. The van der Waals surface area contributed by atoms with Crippen molar-refractivity contribution in [2.45, 2.75) is 29.9 Å². The lowest BCUT2D eigenvalue weighted by atomic mass is 9.93. The molecule has 2 nitrogen and oxygen atoms in total. The zero-order valence-electron chi connectivity index (χ0n) is 13.8. The smallest absolute Gasteiger partial charge is 0.327 e. The fraction of sp³-hybridized carbons (Fsp3) is 0.250. The van der Waals surface area contributed by atoms with Crippen LogP contribution in [0, 0.1) is 13.8 Å². The molecule has 1 unspecified atom stereocenters. The highest BCUT2D eigenvalue weighted by atomic mass is 32.2. The Bertz CT molecular complexity index is 708. The minimum atomic E-state index is -0.825. The molecule has 0 amide bonds. The van der Waals surface area contributed by atoms with Crippen molar-refractivity contribution in [2.75, 3.05) is 7.11 Å². The van der Waals surface area contributed by atoms with E-state index in [1.165, 1.54) is 18.9 Å². The van der Waals surface area contributed by atoms with Crippen molar-refractivity contribution in [3.05, 3.63) is 77.9 Å². The summed E-state index contributed by atoms with van der Waals surface area (Å²) in [4.78, 5) is 13.8. The summed E-state index contributed by atoms with van der Waals surface area (Å²) < 4.78 is 4.34. The molecule has 120 valence electrons. The topological polar surface area (TPSA) is 26.3 Å². The van der Waals surface area contributed by atoms with E-state index in [2.05, 4.69) is 19.6 Å². The van der Waals surface area contributed by atoms with Crippen molar-refractivity contribution < 1.29 is 9.53 Å². The Morgan fingerprint density at radius 2 is 1.96 bits per heavy atom. The van der Waals surface area contributed by atoms with Gasteiger partial charge in [0.15, 0.2) is 0 Å². The molecule has 0 saturated heterocycles. The maximum Gasteiger partial charge on any atom is 0.327 e. The van der Waals surface area contributed by atoms with E-state index in [0.717, 1.165) is 21.6 Å². The number of ether oxygens (including phenoxy) is 1. The Morgan fingerprint density at radius 1 is 1.22 bits per heavy atom. The van der Waals surface area contributed by atoms with Crippen LogP contribution < -0.4 is 0 Å². The molecule has 0 radical (unpaired) electrons. The second-order valence-electron chi connectivity index (χ2n) is 5.55. The quantitative estimate of drug-likeness (QED) is 0.422. The number of methoxy groups -OCH3 is 1. The number of hydrogen-bond acceptors (Lipinski definition) is 3. The summed E-state index contributed by atoms with van der Waals surface area (Å²) >= 11 is 1.54. The first kappa shape index (κ1) is 17.4. The van der Waals surface area contributed by atoms with Crippen molar-refractivity contribution in [1.29, 1.82) is 0 Å². The van der Waals surface area contributed by atoms with Gasteiger partial charge in [0, 0.05) is 4.90 Å². The summed E-state index contributed by atoms with van der Waals surface area (Å²) in [5.74, 6) is -0.253. The van der Waals surface area contributed by atoms with Gasteiger partial charge in [-0.25, -0.2) is 0 Å². The maximum absolute atomic E-state index is 12.8. The van der Waals surface area contributed by atoms with Crippen LogP contribution in [-0.2, 0) is 14.3 Å². The van der Waals surface area contributed by atoms with Gasteiger partial charge >= 0.3 is 5.97 Å². The van der Waals surface area contributed by atoms with Crippen LogP contribution in [0.3, 0.4) is 0 Å². The minimum absolute atomic E-state index is 0.253. The van der Waals surface area contributed by atoms with Gasteiger partial charge in [0.1, 0.15) is 4.75 Å². The Balaban J connectivity index is 2.60. The molecule has 2 rings (SSSR count). The Kier molecular flexibility index (Phi) is 5.67. The van der Waals surface area contributed by atoms with E-state index >= 15 is 0 Å². The van der Waals surface area contributed by atoms with Gasteiger partial charge in [-0.1, -0.05) is 54.1 Å². The largest absolute Gasteiger partial charge is 0.468 e. The van der Waals surface area contributed by atoms with Gasteiger partial charge in [-0.2, -0.15) is 0 Å². The SMILES string of the molecule is C=CCC(Sc1ccccc1C)(C(=O)OC)c1cccc(C)c1. The molecule has 0 fully saturated rings. The molecule has 0 heterocycles. The van der Waals surface area contributed by atoms with E-state index < -0.39 is 4.75 Å². The van der Waals surface area contributed by atoms with Gasteiger partial charge in [0.25, 0.3) is 0 Å². The zero-order valence-corrected chi connectivity index (χ0v) is 14.7. The highest BCUT2D eigenvalue weighted by Crippen LogP contribution is 2.46. The van der Waals surface area contributed by atoms with Crippen LogP contribution in [0.5, 0.6) is 0 Å². The van der Waals surface area contributed by atoms with Crippen molar-refractivity contribution in [3.63, 3.8) is 0 Å². The lowest BCUT2D eigenvalue weighted by Crippen LogP contribution is -2.33. The fourth-order valence-electron chi connectivity index (χ4n) is 2.58. The lowest BCUT2D eigenvalue weighted by Gasteiger charge is -2.30. The van der Waals surface area contributed by atoms with Gasteiger partial charge in [0.2, 0.25) is 0 Å². The number of aryl methyl sites for hydroxylation is 2. The maximum atomic E-state index is 12.8. The summed E-state index contributed by atoms with van der Waals surface area (Å²) in [5.41, 5.74) is 3.20. The normalized spacial score (nSPS) is 13.2. The van der Waals surface area contributed by atoms with Gasteiger partial charge < -0.3 is 4.74 Å². The first-order chi connectivity index (χ1) is 11.0. The van der Waals surface area contributed by atoms with Crippen molar-refractivity contribution in [2.24, 2.45) is 0 Å². The van der Waals surface area contributed by atoms with Crippen molar-refractivity contribution in [1.82, 2.24) is 0 Å². The number of hydrogen-bond donors (Lipinski definition) is 0. The van der Waals surface area contributed by atoms with Crippen molar-refractivity contribution in [3.8, 4) is 0 Å². The van der Waals surface area contributed by atoms with Crippen LogP contribution in [0.15, 0.2) is 66.1 Å². The molecule has 23 heavy (non-hydrogen) atoms. The predicted molar refractivity (Wildman–Crippen MR) is 96.7 cm³/mol. The Labute approximate surface area is 142 Å². The fourth-order valence-corrected chi connectivity index (χ4v) is 3.95. The second-order valence-corrected chi connectivity index (χ2v) is 6.89. The number of rotatable bonds is 6. The average Bonchev–Trinajstić information content (AvgIpc) is 2.55. The highest BCUT2D eigenvalue weighted by molar-refractivity contribution is 8.01. The molecule has 2 aromatic carbocycles. The zero-order chi connectivity index (χ0) is 16.9. The number of esters is 1. The molecule has 0 aliphatic carbocycles. The molecule has 0 N–H and O–H groups in total. The first-order valence-corrected chi connectivity index (χ1v) is 8.36. The van der Waals surface area contributed by atoms with E-state index in [-0.39, 0.29) is 5.97 Å². The van der Waals surface area contributed by atoms with Gasteiger partial charge in [-0.05, 0) is 37.5 Å². The summed E-state index contributed by atoms with van der Waals surface area (Å²) in [6, 6.07) is 16.1. The summed E-state index contributed by atoms with van der Waals surface area (Å²) in [6.07, 6.45) is 2.28. The molecule has 0 spiro atoms. The molecule has 0 bridgehead atoms. The average molecular weight is 326 g/mol. The molecule has 1 atom stereocenters. The standard InChI is InChI=1S/C20H22O2S/c1-5-13-20(19(21)22-4,17-11-8-9-15(2)14-17)23-18-12-7-6-10-16(18)3/h5-12,14H,1,13H2,2-4H3. The summed E-state index contributed by atoms with van der Waals surface area (Å²) in [5, 5.41) is 0. The van der Waals surface area contributed by atoms with E-state index in [1.54, 1.807) is 6.08 Å². The summed E-state index contributed by atoms with van der Waals surface area (Å²) in [7, 11) is 1.44. The number of carbonyl (C=O) groups is 1. The molecular weight excluding hydrogens is 304 g/mol. The summed E-state index contributed by atoms with van der Waals surface area (Å²) in [6.45, 7) is 7.93. The van der Waals surface area contributed by atoms with Crippen LogP contribution in [0.1, 0.15) is 23.1 Å². The van der Waals surface area contributed by atoms with Crippen LogP contribution in [0.25, 0.3) is 0 Å². The van der Waals surface area contributed by atoms with Crippen LogP contribution in [0.2, 0.25) is 0 Å². The molecule has 0 aromatic heterocycles. The molecular formula is C20H22O2S. The monoisotopic (exact) mass is 326 g/mol. The molecule has 2 aromatic rings. The molecule has 3 heteroatoms. The number of carbonyl (C=O) groups excluding carboxylic acids is 1. The Morgan fingerprint density at radius 3 is 2.57 bits per heavy atom. The number of benzene rings is 2. The van der Waals surface area contributed by atoms with E-state index in [9.17, 15) is 4.79 Å². The Hall–Kier alpha value is -2.00. The van der Waals surface area contributed by atoms with Crippen molar-refractivity contribution >= 4 is 17.7 Å². The third-order valence-corrected chi connectivity index (χ3v) is 5.40. The first-order valence-electron chi connectivity index (χ1n) is 7.54. The van der Waals surface area contributed by atoms with Gasteiger partial charge in [-0.3, -0.25) is 4.79 Å². The van der Waals surface area contributed by atoms with E-state index in [0.29, 0.717) is 6.42 Å². The predicted octanol–water partition coefficient (Wildman–Crippen LogP) is 5.04. The third-order valence-electron chi connectivity index (χ3n) is 3.81. The van der Waals surface area contributed by atoms with Gasteiger partial charge in [-0.15, -0.1) is 18.3 Å². The lowest BCUT2D eigenvalue weighted by molar-refractivity contribution is -0.143. The van der Waals surface area contributed by atoms with Crippen LogP contribution in [-0.4, -0.2) is 13.1 Å². The highest BCUT2D eigenvalue weighted by Gasteiger charge is 2.42. The van der Waals surface area contributed by atoms with E-state index in [4.69, 9.17) is 4.74 Å². The van der Waals surface area contributed by atoms with E-state index in [1.807, 2.05) is 49.4 Å². The molecule has 0 saturated carbocycles. The second kappa shape index (κ2) is 7.51. The van der Waals surface area contributed by atoms with Gasteiger partial charge in [0.05, 0.1) is 7.11 Å². The number of allylic oxidation sites excluding steroid dienone is 1. The minimum Gasteiger partial charge on any atom is -0.468 e. The third kappa shape index (κ3) is 3.67.